The summed E-state index contributed by atoms with van der Waals surface area (Å²) in [6.07, 6.45) is 2.06. The van der Waals surface area contributed by atoms with Gasteiger partial charge < -0.3 is 15.3 Å². The lowest BCUT2D eigenvalue weighted by Gasteiger charge is -2.26. The maximum Gasteiger partial charge on any atom is 0.240 e. The largest absolute Gasteiger partial charge is 0.392 e. The van der Waals surface area contributed by atoms with Gasteiger partial charge in [0.1, 0.15) is 0 Å². The molecule has 1 heterocycles. The Kier molecular flexibility index (Phi) is 8.18. The van der Waals surface area contributed by atoms with Crippen LogP contribution in [0.15, 0.2) is 24.3 Å². The molecule has 1 aromatic carbocycles. The van der Waals surface area contributed by atoms with Crippen LogP contribution >= 0.6 is 24.0 Å². The minimum absolute atomic E-state index is 0. The number of halogens is 2. The molecule has 2 N–H and O–H groups in total. The summed E-state index contributed by atoms with van der Waals surface area (Å²) in [5.41, 5.74) is 0.960. The van der Waals surface area contributed by atoms with Gasteiger partial charge in [0.15, 0.2) is 0 Å². The van der Waals surface area contributed by atoms with Crippen LogP contribution in [-0.4, -0.2) is 41.1 Å². The van der Waals surface area contributed by atoms with Gasteiger partial charge in [-0.25, -0.2) is 0 Å². The van der Waals surface area contributed by atoms with Crippen molar-refractivity contribution in [2.24, 2.45) is 0 Å². The lowest BCUT2D eigenvalue weighted by molar-refractivity contribution is -0.134. The van der Waals surface area contributed by atoms with E-state index in [1.165, 1.54) is 0 Å². The zero-order valence-electron chi connectivity index (χ0n) is 12.8. The first-order chi connectivity index (χ1) is 10.1. The Morgan fingerprint density at radius 3 is 2.77 bits per heavy atom. The summed E-state index contributed by atoms with van der Waals surface area (Å²) in [4.78, 5) is 14.5. The van der Waals surface area contributed by atoms with Gasteiger partial charge in [-0.15, -0.1) is 12.4 Å². The van der Waals surface area contributed by atoms with Crippen LogP contribution < -0.4 is 5.32 Å². The first-order valence-corrected chi connectivity index (χ1v) is 7.93. The number of amides is 1. The normalized spacial score (nSPS) is 20.5. The first-order valence-electron chi connectivity index (χ1n) is 7.55. The Balaban J connectivity index is 0.00000242. The van der Waals surface area contributed by atoms with Crippen LogP contribution in [0.3, 0.4) is 0 Å². The van der Waals surface area contributed by atoms with E-state index in [0.717, 1.165) is 24.9 Å². The van der Waals surface area contributed by atoms with Crippen molar-refractivity contribution in [3.8, 4) is 0 Å². The standard InChI is InChI=1S/C16H23ClN2O2.ClH/c1-2-3-8-19(11-12-6-4-5-7-14(12)17)16(21)15-9-13(20)10-18-15;/h4-7,13,15,18,20H,2-3,8-11H2,1H3;1H. The van der Waals surface area contributed by atoms with Crippen LogP contribution in [0.4, 0.5) is 0 Å². The topological polar surface area (TPSA) is 52.6 Å². The number of rotatable bonds is 6. The third-order valence-corrected chi connectivity index (χ3v) is 4.19. The van der Waals surface area contributed by atoms with Crippen LogP contribution in [0.25, 0.3) is 0 Å². The minimum Gasteiger partial charge on any atom is -0.392 e. The molecular formula is C16H24Cl2N2O2. The maximum atomic E-state index is 12.6. The number of aliphatic hydroxyl groups is 1. The van der Waals surface area contributed by atoms with Crippen LogP contribution in [0.5, 0.6) is 0 Å². The second-order valence-corrected chi connectivity index (χ2v) is 5.96. The van der Waals surface area contributed by atoms with Crippen molar-refractivity contribution >= 4 is 29.9 Å². The fraction of sp³-hybridized carbons (Fsp3) is 0.562. The number of nitrogens with one attached hydrogen (secondary N) is 1. The molecule has 1 aliphatic rings. The molecule has 1 saturated heterocycles. The summed E-state index contributed by atoms with van der Waals surface area (Å²) < 4.78 is 0. The average molecular weight is 347 g/mol. The average Bonchev–Trinajstić information content (AvgIpc) is 2.91. The molecule has 0 bridgehead atoms. The van der Waals surface area contributed by atoms with Crippen LogP contribution in [0, 0.1) is 0 Å². The van der Waals surface area contributed by atoms with E-state index in [-0.39, 0.29) is 24.4 Å². The quantitative estimate of drug-likeness (QED) is 0.832. The molecule has 2 rings (SSSR count). The molecule has 2 atom stereocenters. The van der Waals surface area contributed by atoms with Crippen LogP contribution in [-0.2, 0) is 11.3 Å². The van der Waals surface area contributed by atoms with Crippen molar-refractivity contribution in [2.75, 3.05) is 13.1 Å². The van der Waals surface area contributed by atoms with Crippen molar-refractivity contribution in [3.63, 3.8) is 0 Å². The summed E-state index contributed by atoms with van der Waals surface area (Å²) in [6, 6.07) is 7.34. The molecule has 1 fully saturated rings. The van der Waals surface area contributed by atoms with Gasteiger partial charge in [-0.2, -0.15) is 0 Å². The van der Waals surface area contributed by atoms with Crippen LogP contribution in [0.2, 0.25) is 5.02 Å². The monoisotopic (exact) mass is 346 g/mol. The van der Waals surface area contributed by atoms with Crippen molar-refractivity contribution in [1.82, 2.24) is 10.2 Å². The fourth-order valence-corrected chi connectivity index (χ4v) is 2.77. The second kappa shape index (κ2) is 9.36. The van der Waals surface area contributed by atoms with Gasteiger partial charge >= 0.3 is 0 Å². The summed E-state index contributed by atoms with van der Waals surface area (Å²) in [6.45, 7) is 3.83. The molecular weight excluding hydrogens is 323 g/mol. The van der Waals surface area contributed by atoms with E-state index in [2.05, 4.69) is 12.2 Å². The summed E-state index contributed by atoms with van der Waals surface area (Å²) >= 11 is 6.20. The van der Waals surface area contributed by atoms with Crippen molar-refractivity contribution in [2.45, 2.75) is 44.9 Å². The van der Waals surface area contributed by atoms with E-state index >= 15 is 0 Å². The molecule has 0 aliphatic carbocycles. The van der Waals surface area contributed by atoms with Gasteiger partial charge in [-0.05, 0) is 24.5 Å². The molecule has 0 spiro atoms. The molecule has 4 nitrogen and oxygen atoms in total. The smallest absolute Gasteiger partial charge is 0.240 e. The Morgan fingerprint density at radius 1 is 1.45 bits per heavy atom. The van der Waals surface area contributed by atoms with Crippen molar-refractivity contribution < 1.29 is 9.90 Å². The molecule has 0 saturated carbocycles. The summed E-state index contributed by atoms with van der Waals surface area (Å²) in [5, 5.41) is 13.4. The fourth-order valence-electron chi connectivity index (χ4n) is 2.57. The number of carbonyl (C=O) groups excluding carboxylic acids is 1. The van der Waals surface area contributed by atoms with E-state index < -0.39 is 6.10 Å². The van der Waals surface area contributed by atoms with Gasteiger partial charge in [0.05, 0.1) is 12.1 Å². The highest BCUT2D eigenvalue weighted by Gasteiger charge is 2.31. The molecule has 22 heavy (non-hydrogen) atoms. The molecule has 1 amide bonds. The van der Waals surface area contributed by atoms with Gasteiger partial charge in [-0.3, -0.25) is 4.79 Å². The Morgan fingerprint density at radius 2 is 2.18 bits per heavy atom. The Labute approximate surface area is 143 Å². The number of carbonyl (C=O) groups is 1. The highest BCUT2D eigenvalue weighted by atomic mass is 35.5. The van der Waals surface area contributed by atoms with E-state index in [1.54, 1.807) is 0 Å². The predicted molar refractivity (Wildman–Crippen MR) is 91.4 cm³/mol. The predicted octanol–water partition coefficient (Wildman–Crippen LogP) is 2.61. The van der Waals surface area contributed by atoms with E-state index in [0.29, 0.717) is 24.5 Å². The lowest BCUT2D eigenvalue weighted by atomic mass is 10.1. The third kappa shape index (κ3) is 5.13. The number of benzene rings is 1. The molecule has 0 radical (unpaired) electrons. The van der Waals surface area contributed by atoms with Gasteiger partial charge in [0.2, 0.25) is 5.91 Å². The van der Waals surface area contributed by atoms with Gasteiger partial charge in [0, 0.05) is 24.7 Å². The van der Waals surface area contributed by atoms with E-state index in [4.69, 9.17) is 11.6 Å². The van der Waals surface area contributed by atoms with E-state index in [1.807, 2.05) is 29.2 Å². The van der Waals surface area contributed by atoms with Crippen LogP contribution in [0.1, 0.15) is 31.7 Å². The number of aliphatic hydroxyl groups excluding tert-OH is 1. The number of hydrogen-bond acceptors (Lipinski definition) is 3. The number of hydrogen-bond donors (Lipinski definition) is 2. The molecule has 124 valence electrons. The Hall–Kier alpha value is -0.810. The zero-order chi connectivity index (χ0) is 15.2. The second-order valence-electron chi connectivity index (χ2n) is 5.56. The van der Waals surface area contributed by atoms with Crippen molar-refractivity contribution in [1.29, 1.82) is 0 Å². The zero-order valence-corrected chi connectivity index (χ0v) is 14.4. The van der Waals surface area contributed by atoms with Crippen molar-refractivity contribution in [3.05, 3.63) is 34.9 Å². The summed E-state index contributed by atoms with van der Waals surface area (Å²) in [5.74, 6) is 0.0555. The lowest BCUT2D eigenvalue weighted by Crippen LogP contribution is -2.43. The number of β-amino-alcohol motifs (C(OH)–C–C–N with tert-alkyl or cyclic N) is 1. The maximum absolute atomic E-state index is 12.6. The minimum atomic E-state index is -0.424. The number of unbranched alkanes of at least 4 members (excludes halogenated alkanes) is 1. The molecule has 1 aromatic rings. The third-order valence-electron chi connectivity index (χ3n) is 3.82. The van der Waals surface area contributed by atoms with E-state index in [9.17, 15) is 9.90 Å². The summed E-state index contributed by atoms with van der Waals surface area (Å²) in [7, 11) is 0. The Bertz CT molecular complexity index is 485. The van der Waals surface area contributed by atoms with Gasteiger partial charge in [0.25, 0.3) is 0 Å². The van der Waals surface area contributed by atoms with Gasteiger partial charge in [-0.1, -0.05) is 43.1 Å². The highest BCUT2D eigenvalue weighted by molar-refractivity contribution is 6.31. The molecule has 6 heteroatoms. The SMILES string of the molecule is CCCCN(Cc1ccccc1Cl)C(=O)C1CC(O)CN1.Cl. The first kappa shape index (κ1) is 19.2. The highest BCUT2D eigenvalue weighted by Crippen LogP contribution is 2.19. The molecule has 1 aliphatic heterocycles. The number of nitrogens with zero attached hydrogens (tertiary/aromatic N) is 1. The molecule has 0 aromatic heterocycles. The molecule has 2 unspecified atom stereocenters.